The fraction of sp³-hybridized carbons (Fsp3) is 0.421. The van der Waals surface area contributed by atoms with Crippen molar-refractivity contribution in [2.45, 2.75) is 52.0 Å². The lowest BCUT2D eigenvalue weighted by Crippen LogP contribution is -2.17. The van der Waals surface area contributed by atoms with Gasteiger partial charge in [0.1, 0.15) is 5.82 Å². The fourth-order valence-corrected chi connectivity index (χ4v) is 2.28. The third kappa shape index (κ3) is 4.89. The number of aromatic nitrogens is 1. The Balaban J connectivity index is 1.86. The third-order valence-corrected chi connectivity index (χ3v) is 3.73. The van der Waals surface area contributed by atoms with E-state index in [9.17, 15) is 0 Å². The zero-order valence-corrected chi connectivity index (χ0v) is 13.6. The summed E-state index contributed by atoms with van der Waals surface area (Å²) in [6.45, 7) is 8.83. The van der Waals surface area contributed by atoms with Gasteiger partial charge < -0.3 is 5.32 Å². The van der Waals surface area contributed by atoms with Crippen LogP contribution in [0.3, 0.4) is 0 Å². The van der Waals surface area contributed by atoms with Gasteiger partial charge in [-0.3, -0.25) is 0 Å². The van der Waals surface area contributed by atoms with Crippen LogP contribution in [0.1, 0.15) is 45.2 Å². The van der Waals surface area contributed by atoms with Crippen LogP contribution in [-0.2, 0) is 11.8 Å². The van der Waals surface area contributed by atoms with E-state index in [1.165, 1.54) is 11.1 Å². The van der Waals surface area contributed by atoms with Crippen LogP contribution in [-0.4, -0.2) is 11.0 Å². The van der Waals surface area contributed by atoms with Gasteiger partial charge in [0.25, 0.3) is 0 Å². The normalized spacial score (nSPS) is 13.0. The smallest absolute Gasteiger partial charge is 0.126 e. The van der Waals surface area contributed by atoms with Crippen molar-refractivity contribution in [2.75, 3.05) is 5.32 Å². The van der Waals surface area contributed by atoms with E-state index in [-0.39, 0.29) is 5.41 Å². The minimum atomic E-state index is 0.157. The van der Waals surface area contributed by atoms with Gasteiger partial charge >= 0.3 is 0 Å². The molecule has 0 bridgehead atoms. The first kappa shape index (κ1) is 15.6. The molecule has 0 aliphatic heterocycles. The largest absolute Gasteiger partial charge is 0.368 e. The number of nitrogens with zero attached hydrogens (tertiary/aromatic N) is 1. The molecule has 1 aromatic heterocycles. The lowest BCUT2D eigenvalue weighted by Gasteiger charge is -2.19. The van der Waals surface area contributed by atoms with Crippen molar-refractivity contribution in [2.24, 2.45) is 0 Å². The molecule has 0 aliphatic carbocycles. The molecule has 112 valence electrons. The summed E-state index contributed by atoms with van der Waals surface area (Å²) in [4.78, 5) is 4.53. The maximum atomic E-state index is 4.53. The summed E-state index contributed by atoms with van der Waals surface area (Å²) in [6, 6.07) is 15.3. The number of benzene rings is 1. The average Bonchev–Trinajstić information content (AvgIpc) is 2.46. The van der Waals surface area contributed by atoms with Crippen molar-refractivity contribution in [3.05, 3.63) is 59.8 Å². The summed E-state index contributed by atoms with van der Waals surface area (Å²) in [5, 5.41) is 3.48. The number of anilines is 1. The lowest BCUT2D eigenvalue weighted by molar-refractivity contribution is 0.587. The van der Waals surface area contributed by atoms with Gasteiger partial charge in [-0.2, -0.15) is 0 Å². The molecule has 2 nitrogen and oxygen atoms in total. The van der Waals surface area contributed by atoms with Crippen LogP contribution in [0.25, 0.3) is 0 Å². The molecule has 1 aromatic carbocycles. The van der Waals surface area contributed by atoms with Gasteiger partial charge in [-0.15, -0.1) is 0 Å². The summed E-state index contributed by atoms with van der Waals surface area (Å²) >= 11 is 0. The first-order valence-corrected chi connectivity index (χ1v) is 7.72. The summed E-state index contributed by atoms with van der Waals surface area (Å²) in [5.74, 6) is 0.962. The van der Waals surface area contributed by atoms with E-state index in [2.05, 4.69) is 80.5 Å². The molecule has 2 rings (SSSR count). The zero-order chi connectivity index (χ0) is 15.3. The van der Waals surface area contributed by atoms with Crippen LogP contribution in [0, 0.1) is 0 Å². The fourth-order valence-electron chi connectivity index (χ4n) is 2.28. The molecule has 1 atom stereocenters. The molecule has 0 spiro atoms. The number of nitrogens with one attached hydrogen (secondary N) is 1. The van der Waals surface area contributed by atoms with Gasteiger partial charge in [-0.1, -0.05) is 57.2 Å². The summed E-state index contributed by atoms with van der Waals surface area (Å²) in [6.07, 6.45) is 4.17. The number of pyridine rings is 1. The lowest BCUT2D eigenvalue weighted by atomic mass is 9.88. The Hall–Kier alpha value is -1.83. The highest BCUT2D eigenvalue weighted by atomic mass is 15.0. The molecule has 1 heterocycles. The quantitative estimate of drug-likeness (QED) is 0.851. The van der Waals surface area contributed by atoms with Gasteiger partial charge in [-0.05, 0) is 42.4 Å². The monoisotopic (exact) mass is 282 g/mol. The topological polar surface area (TPSA) is 24.9 Å². The molecule has 2 aromatic rings. The Morgan fingerprint density at radius 1 is 1.05 bits per heavy atom. The Labute approximate surface area is 128 Å². The van der Waals surface area contributed by atoms with Crippen molar-refractivity contribution < 1.29 is 0 Å². The summed E-state index contributed by atoms with van der Waals surface area (Å²) < 4.78 is 0. The van der Waals surface area contributed by atoms with E-state index in [1.54, 1.807) is 0 Å². The van der Waals surface area contributed by atoms with Crippen LogP contribution < -0.4 is 5.32 Å². The van der Waals surface area contributed by atoms with Gasteiger partial charge in [0.05, 0.1) is 0 Å². The van der Waals surface area contributed by atoms with E-state index < -0.39 is 0 Å². The highest BCUT2D eigenvalue weighted by molar-refractivity contribution is 5.38. The number of hydrogen-bond acceptors (Lipinski definition) is 2. The van der Waals surface area contributed by atoms with Gasteiger partial charge in [0, 0.05) is 12.2 Å². The highest BCUT2D eigenvalue weighted by Gasteiger charge is 2.13. The van der Waals surface area contributed by atoms with E-state index in [0.29, 0.717) is 6.04 Å². The Bertz CT molecular complexity index is 538. The standard InChI is InChI=1S/C19H26N2/c1-15(10-11-16-8-6-5-7-9-16)21-18-13-12-17(14-20-18)19(2,3)4/h5-9,12-15H,10-11H2,1-4H3,(H,20,21). The van der Waals surface area contributed by atoms with Crippen LogP contribution in [0.4, 0.5) is 5.82 Å². The molecule has 0 saturated carbocycles. The average molecular weight is 282 g/mol. The second kappa shape index (κ2) is 6.75. The molecular weight excluding hydrogens is 256 g/mol. The van der Waals surface area contributed by atoms with Crippen molar-refractivity contribution in [3.63, 3.8) is 0 Å². The zero-order valence-electron chi connectivity index (χ0n) is 13.6. The summed E-state index contributed by atoms with van der Waals surface area (Å²) in [5.41, 5.74) is 2.82. The van der Waals surface area contributed by atoms with E-state index in [0.717, 1.165) is 18.7 Å². The molecular formula is C19H26N2. The van der Waals surface area contributed by atoms with E-state index >= 15 is 0 Å². The van der Waals surface area contributed by atoms with Crippen molar-refractivity contribution in [1.82, 2.24) is 4.98 Å². The molecule has 1 unspecified atom stereocenters. The van der Waals surface area contributed by atoms with E-state index in [1.807, 2.05) is 6.20 Å². The molecule has 21 heavy (non-hydrogen) atoms. The van der Waals surface area contributed by atoms with Crippen molar-refractivity contribution in [1.29, 1.82) is 0 Å². The second-order valence-corrected chi connectivity index (χ2v) is 6.75. The molecule has 2 heteroatoms. The Morgan fingerprint density at radius 2 is 1.76 bits per heavy atom. The van der Waals surface area contributed by atoms with Crippen LogP contribution in [0.5, 0.6) is 0 Å². The number of aryl methyl sites for hydroxylation is 1. The highest BCUT2D eigenvalue weighted by Crippen LogP contribution is 2.22. The maximum Gasteiger partial charge on any atom is 0.126 e. The van der Waals surface area contributed by atoms with Crippen LogP contribution in [0.2, 0.25) is 0 Å². The summed E-state index contributed by atoms with van der Waals surface area (Å²) in [7, 11) is 0. The molecule has 0 saturated heterocycles. The number of hydrogen-bond donors (Lipinski definition) is 1. The van der Waals surface area contributed by atoms with Crippen LogP contribution in [0.15, 0.2) is 48.7 Å². The first-order valence-electron chi connectivity index (χ1n) is 7.72. The Kier molecular flexibility index (Phi) is 5.00. The first-order chi connectivity index (χ1) is 9.95. The van der Waals surface area contributed by atoms with Crippen molar-refractivity contribution in [3.8, 4) is 0 Å². The van der Waals surface area contributed by atoms with E-state index in [4.69, 9.17) is 0 Å². The molecule has 0 fully saturated rings. The minimum absolute atomic E-state index is 0.157. The molecule has 1 N–H and O–H groups in total. The van der Waals surface area contributed by atoms with Gasteiger partial charge in [0.15, 0.2) is 0 Å². The molecule has 0 aliphatic rings. The maximum absolute atomic E-state index is 4.53. The van der Waals surface area contributed by atoms with Crippen molar-refractivity contribution >= 4 is 5.82 Å². The SMILES string of the molecule is CC(CCc1ccccc1)Nc1ccc(C(C)(C)C)cn1. The predicted molar refractivity (Wildman–Crippen MR) is 90.8 cm³/mol. The minimum Gasteiger partial charge on any atom is -0.368 e. The predicted octanol–water partition coefficient (Wildman–Crippen LogP) is 4.81. The third-order valence-electron chi connectivity index (χ3n) is 3.73. The molecule has 0 amide bonds. The molecule has 0 radical (unpaired) electrons. The number of rotatable bonds is 5. The van der Waals surface area contributed by atoms with Gasteiger partial charge in [0.2, 0.25) is 0 Å². The Morgan fingerprint density at radius 3 is 2.33 bits per heavy atom. The van der Waals surface area contributed by atoms with Gasteiger partial charge in [-0.25, -0.2) is 4.98 Å². The van der Waals surface area contributed by atoms with Crippen LogP contribution >= 0.6 is 0 Å². The second-order valence-electron chi connectivity index (χ2n) is 6.75.